The molecular weight excluding hydrogens is 264 g/mol. The van der Waals surface area contributed by atoms with Crippen molar-refractivity contribution in [2.75, 3.05) is 20.2 Å². The zero-order valence-electron chi connectivity index (χ0n) is 12.7. The van der Waals surface area contributed by atoms with Crippen molar-refractivity contribution in [2.45, 2.75) is 44.2 Å². The van der Waals surface area contributed by atoms with Gasteiger partial charge in [0.1, 0.15) is 5.75 Å². The van der Waals surface area contributed by atoms with E-state index in [4.69, 9.17) is 4.74 Å². The highest BCUT2D eigenvalue weighted by molar-refractivity contribution is 5.82. The first-order chi connectivity index (χ1) is 10.3. The molecule has 114 valence electrons. The van der Waals surface area contributed by atoms with Gasteiger partial charge in [-0.05, 0) is 49.9 Å². The number of carbonyl (C=O) groups is 1. The van der Waals surface area contributed by atoms with Crippen molar-refractivity contribution in [3.63, 3.8) is 0 Å². The van der Waals surface area contributed by atoms with Crippen LogP contribution in [0.25, 0.3) is 0 Å². The molecule has 0 spiro atoms. The Morgan fingerprint density at radius 2 is 2.00 bits per heavy atom. The largest absolute Gasteiger partial charge is 0.497 e. The highest BCUT2D eigenvalue weighted by Crippen LogP contribution is 2.33. The van der Waals surface area contributed by atoms with Crippen LogP contribution in [0.5, 0.6) is 5.75 Å². The highest BCUT2D eigenvalue weighted by atomic mass is 16.5. The second-order valence-corrected chi connectivity index (χ2v) is 5.97. The summed E-state index contributed by atoms with van der Waals surface area (Å²) in [5, 5.41) is 3.37. The average molecular weight is 288 g/mol. The third kappa shape index (κ3) is 3.05. The quantitative estimate of drug-likeness (QED) is 0.929. The summed E-state index contributed by atoms with van der Waals surface area (Å²) in [5.41, 5.74) is 1.22. The summed E-state index contributed by atoms with van der Waals surface area (Å²) in [5.74, 6) is 1.15. The maximum Gasteiger partial charge on any atom is 0.240 e. The van der Waals surface area contributed by atoms with E-state index in [1.54, 1.807) is 7.11 Å². The van der Waals surface area contributed by atoms with Crippen LogP contribution in [0.3, 0.4) is 0 Å². The van der Waals surface area contributed by atoms with Gasteiger partial charge in [-0.3, -0.25) is 4.79 Å². The predicted molar refractivity (Wildman–Crippen MR) is 82.3 cm³/mol. The minimum atomic E-state index is 0.0256. The average Bonchev–Trinajstić information content (AvgIpc) is 3.04. The number of piperidine rings is 1. The lowest BCUT2D eigenvalue weighted by Gasteiger charge is -2.31. The second kappa shape index (κ2) is 6.48. The summed E-state index contributed by atoms with van der Waals surface area (Å²) in [6.07, 6.45) is 5.47. The summed E-state index contributed by atoms with van der Waals surface area (Å²) in [4.78, 5) is 14.8. The first-order valence-corrected chi connectivity index (χ1v) is 7.97. The van der Waals surface area contributed by atoms with Gasteiger partial charge >= 0.3 is 0 Å². The van der Waals surface area contributed by atoms with Crippen LogP contribution in [0, 0.1) is 0 Å². The molecule has 0 aliphatic carbocycles. The van der Waals surface area contributed by atoms with Gasteiger partial charge in [-0.15, -0.1) is 0 Å². The SMILES string of the molecule is COc1ccc(C2CCCN2C(=O)[C@H]2CCCCN2)cc1. The Morgan fingerprint density at radius 3 is 2.67 bits per heavy atom. The van der Waals surface area contributed by atoms with Gasteiger partial charge in [0.2, 0.25) is 5.91 Å². The van der Waals surface area contributed by atoms with E-state index in [1.165, 1.54) is 12.0 Å². The van der Waals surface area contributed by atoms with Crippen LogP contribution >= 0.6 is 0 Å². The molecular formula is C17H24N2O2. The third-order valence-electron chi connectivity index (χ3n) is 4.64. The summed E-state index contributed by atoms with van der Waals surface area (Å²) in [6, 6.07) is 8.39. The number of hydrogen-bond acceptors (Lipinski definition) is 3. The Labute approximate surface area is 126 Å². The van der Waals surface area contributed by atoms with Crippen molar-refractivity contribution in [1.82, 2.24) is 10.2 Å². The van der Waals surface area contributed by atoms with Gasteiger partial charge in [0, 0.05) is 6.54 Å². The van der Waals surface area contributed by atoms with Crippen molar-refractivity contribution in [3.05, 3.63) is 29.8 Å². The molecule has 2 heterocycles. The Bertz CT molecular complexity index is 480. The molecule has 3 rings (SSSR count). The van der Waals surface area contributed by atoms with Gasteiger partial charge in [-0.25, -0.2) is 0 Å². The molecule has 2 atom stereocenters. The number of carbonyl (C=O) groups excluding carboxylic acids is 1. The molecule has 2 aliphatic heterocycles. The molecule has 1 aromatic carbocycles. The summed E-state index contributed by atoms with van der Waals surface area (Å²) < 4.78 is 5.21. The lowest BCUT2D eigenvalue weighted by molar-refractivity contribution is -0.135. The number of methoxy groups -OCH3 is 1. The van der Waals surface area contributed by atoms with E-state index in [0.29, 0.717) is 0 Å². The number of amides is 1. The van der Waals surface area contributed by atoms with Crippen LogP contribution in [0.2, 0.25) is 0 Å². The van der Waals surface area contributed by atoms with E-state index >= 15 is 0 Å². The van der Waals surface area contributed by atoms with E-state index < -0.39 is 0 Å². The van der Waals surface area contributed by atoms with Gasteiger partial charge in [-0.2, -0.15) is 0 Å². The van der Waals surface area contributed by atoms with E-state index in [2.05, 4.69) is 22.3 Å². The Morgan fingerprint density at radius 1 is 1.19 bits per heavy atom. The van der Waals surface area contributed by atoms with Crippen LogP contribution in [0.4, 0.5) is 0 Å². The van der Waals surface area contributed by atoms with Crippen molar-refractivity contribution < 1.29 is 9.53 Å². The van der Waals surface area contributed by atoms with Gasteiger partial charge in [0.25, 0.3) is 0 Å². The minimum absolute atomic E-state index is 0.0256. The van der Waals surface area contributed by atoms with Crippen LogP contribution in [0.15, 0.2) is 24.3 Å². The van der Waals surface area contributed by atoms with Crippen molar-refractivity contribution >= 4 is 5.91 Å². The molecule has 1 unspecified atom stereocenters. The molecule has 1 aromatic rings. The fourth-order valence-electron chi connectivity index (χ4n) is 3.47. The van der Waals surface area contributed by atoms with Crippen LogP contribution in [-0.2, 0) is 4.79 Å². The Balaban J connectivity index is 1.73. The predicted octanol–water partition coefficient (Wildman–Crippen LogP) is 2.50. The highest BCUT2D eigenvalue weighted by Gasteiger charge is 2.34. The molecule has 1 N–H and O–H groups in total. The number of likely N-dealkylation sites (tertiary alicyclic amines) is 1. The monoisotopic (exact) mass is 288 g/mol. The zero-order valence-corrected chi connectivity index (χ0v) is 12.7. The molecule has 4 nitrogen and oxygen atoms in total. The molecule has 0 bridgehead atoms. The molecule has 2 fully saturated rings. The Hall–Kier alpha value is -1.55. The molecule has 1 amide bonds. The second-order valence-electron chi connectivity index (χ2n) is 5.97. The number of hydrogen-bond donors (Lipinski definition) is 1. The molecule has 2 saturated heterocycles. The lowest BCUT2D eigenvalue weighted by atomic mass is 10.0. The molecule has 4 heteroatoms. The van der Waals surface area contributed by atoms with Gasteiger partial charge < -0.3 is 15.0 Å². The normalized spacial score (nSPS) is 25.9. The number of benzene rings is 1. The molecule has 21 heavy (non-hydrogen) atoms. The van der Waals surface area contributed by atoms with Gasteiger partial charge in [0.15, 0.2) is 0 Å². The lowest BCUT2D eigenvalue weighted by Crippen LogP contribution is -2.48. The van der Waals surface area contributed by atoms with Crippen LogP contribution < -0.4 is 10.1 Å². The van der Waals surface area contributed by atoms with Gasteiger partial charge in [-0.1, -0.05) is 18.6 Å². The summed E-state index contributed by atoms with van der Waals surface area (Å²) in [7, 11) is 1.68. The standard InChI is InChI=1S/C17H24N2O2/c1-21-14-9-7-13(8-10-14)16-6-4-12-19(16)17(20)15-5-2-3-11-18-15/h7-10,15-16,18H,2-6,11-12H2,1H3/t15-,16?/m1/s1. The smallest absolute Gasteiger partial charge is 0.240 e. The number of nitrogens with zero attached hydrogens (tertiary/aromatic N) is 1. The summed E-state index contributed by atoms with van der Waals surface area (Å²) in [6.45, 7) is 1.85. The van der Waals surface area contributed by atoms with Crippen molar-refractivity contribution in [3.8, 4) is 5.75 Å². The van der Waals surface area contributed by atoms with Crippen molar-refractivity contribution in [1.29, 1.82) is 0 Å². The maximum absolute atomic E-state index is 12.7. The number of nitrogens with one attached hydrogen (secondary N) is 1. The van der Waals surface area contributed by atoms with Crippen molar-refractivity contribution in [2.24, 2.45) is 0 Å². The first-order valence-electron chi connectivity index (χ1n) is 7.97. The Kier molecular flexibility index (Phi) is 4.44. The minimum Gasteiger partial charge on any atom is -0.497 e. The van der Waals surface area contributed by atoms with Crippen LogP contribution in [0.1, 0.15) is 43.7 Å². The van der Waals surface area contributed by atoms with E-state index in [9.17, 15) is 4.79 Å². The zero-order chi connectivity index (χ0) is 14.7. The van der Waals surface area contributed by atoms with E-state index in [1.807, 2.05) is 12.1 Å². The van der Waals surface area contributed by atoms with E-state index in [-0.39, 0.29) is 18.0 Å². The molecule has 0 saturated carbocycles. The number of rotatable bonds is 3. The number of ether oxygens (including phenoxy) is 1. The fraction of sp³-hybridized carbons (Fsp3) is 0.588. The molecule has 0 aromatic heterocycles. The maximum atomic E-state index is 12.7. The fourth-order valence-corrected chi connectivity index (χ4v) is 3.47. The molecule has 2 aliphatic rings. The topological polar surface area (TPSA) is 41.6 Å². The first kappa shape index (κ1) is 14.4. The summed E-state index contributed by atoms with van der Waals surface area (Å²) >= 11 is 0. The van der Waals surface area contributed by atoms with Crippen LogP contribution in [-0.4, -0.2) is 37.0 Å². The van der Waals surface area contributed by atoms with E-state index in [0.717, 1.165) is 44.5 Å². The molecule has 0 radical (unpaired) electrons. The third-order valence-corrected chi connectivity index (χ3v) is 4.64. The van der Waals surface area contributed by atoms with Gasteiger partial charge in [0.05, 0.1) is 19.2 Å².